The van der Waals surface area contributed by atoms with Crippen LogP contribution in [0, 0.1) is 0 Å². The van der Waals surface area contributed by atoms with E-state index in [0.717, 1.165) is 35.4 Å². The Labute approximate surface area is 135 Å². The van der Waals surface area contributed by atoms with Crippen molar-refractivity contribution in [2.75, 3.05) is 20.7 Å². The standard InChI is InChI=1S/C18H19NO2S/c1-19-8-7-11-15(22)6-4-12-16-10(9-13(19)17(11)12)3-5-14(21-2)18(16)20/h3-6,13,20,22H,7-9H2,1-2H3. The number of likely N-dealkylation sites (N-methyl/N-ethyl adjacent to an activating group) is 1. The van der Waals surface area contributed by atoms with Crippen LogP contribution in [0.25, 0.3) is 11.1 Å². The van der Waals surface area contributed by atoms with Gasteiger partial charge < -0.3 is 9.84 Å². The number of nitrogens with zero attached hydrogens (tertiary/aromatic N) is 1. The molecule has 4 rings (SSSR count). The number of phenols is 1. The molecule has 114 valence electrons. The first kappa shape index (κ1) is 14.0. The topological polar surface area (TPSA) is 32.7 Å². The number of thiol groups is 1. The van der Waals surface area contributed by atoms with Gasteiger partial charge in [0.15, 0.2) is 11.5 Å². The van der Waals surface area contributed by atoms with Crippen molar-refractivity contribution in [3.8, 4) is 22.6 Å². The Morgan fingerprint density at radius 3 is 2.86 bits per heavy atom. The number of phenolic OH excluding ortho intramolecular Hbond substituents is 1. The molecule has 1 heterocycles. The molecule has 0 radical (unpaired) electrons. The lowest BCUT2D eigenvalue weighted by Gasteiger charge is -2.40. The van der Waals surface area contributed by atoms with E-state index < -0.39 is 0 Å². The quantitative estimate of drug-likeness (QED) is 0.791. The van der Waals surface area contributed by atoms with Crippen LogP contribution in [0.1, 0.15) is 22.7 Å². The van der Waals surface area contributed by atoms with E-state index in [0.29, 0.717) is 11.8 Å². The van der Waals surface area contributed by atoms with Gasteiger partial charge in [-0.1, -0.05) is 12.1 Å². The highest BCUT2D eigenvalue weighted by Gasteiger charge is 2.35. The van der Waals surface area contributed by atoms with Crippen LogP contribution in [0.2, 0.25) is 0 Å². The van der Waals surface area contributed by atoms with Crippen molar-refractivity contribution in [3.63, 3.8) is 0 Å². The van der Waals surface area contributed by atoms with E-state index in [9.17, 15) is 5.11 Å². The molecule has 1 atom stereocenters. The van der Waals surface area contributed by atoms with Crippen LogP contribution in [0.3, 0.4) is 0 Å². The van der Waals surface area contributed by atoms with E-state index >= 15 is 0 Å². The molecule has 22 heavy (non-hydrogen) atoms. The summed E-state index contributed by atoms with van der Waals surface area (Å²) in [6.45, 7) is 1.05. The summed E-state index contributed by atoms with van der Waals surface area (Å²) in [6, 6.07) is 8.44. The summed E-state index contributed by atoms with van der Waals surface area (Å²) in [5.41, 5.74) is 5.90. The lowest BCUT2D eigenvalue weighted by atomic mass is 9.77. The molecule has 1 aliphatic carbocycles. The van der Waals surface area contributed by atoms with Gasteiger partial charge in [-0.25, -0.2) is 0 Å². The van der Waals surface area contributed by atoms with Crippen LogP contribution in [-0.2, 0) is 12.8 Å². The van der Waals surface area contributed by atoms with Gasteiger partial charge in [-0.3, -0.25) is 4.90 Å². The minimum absolute atomic E-state index is 0.251. The van der Waals surface area contributed by atoms with E-state index in [1.807, 2.05) is 12.1 Å². The summed E-state index contributed by atoms with van der Waals surface area (Å²) in [5, 5.41) is 10.6. The highest BCUT2D eigenvalue weighted by atomic mass is 32.1. The molecule has 1 N–H and O–H groups in total. The van der Waals surface area contributed by atoms with Gasteiger partial charge in [0.25, 0.3) is 0 Å². The number of hydrogen-bond donors (Lipinski definition) is 2. The Balaban J connectivity index is 2.04. The minimum atomic E-state index is 0.251. The average Bonchev–Trinajstić information content (AvgIpc) is 2.52. The van der Waals surface area contributed by atoms with Gasteiger partial charge in [-0.15, -0.1) is 12.6 Å². The molecular formula is C18H19NO2S. The van der Waals surface area contributed by atoms with Crippen LogP contribution in [0.4, 0.5) is 0 Å². The SMILES string of the molecule is COc1ccc2c(c1O)-c1ccc(S)c3c1C(C2)N(C)CC3. The van der Waals surface area contributed by atoms with Crippen LogP contribution < -0.4 is 4.74 Å². The Kier molecular flexibility index (Phi) is 3.13. The number of rotatable bonds is 1. The summed E-state index contributed by atoms with van der Waals surface area (Å²) >= 11 is 4.64. The summed E-state index contributed by atoms with van der Waals surface area (Å²) in [4.78, 5) is 3.46. The van der Waals surface area contributed by atoms with E-state index in [1.165, 1.54) is 16.7 Å². The van der Waals surface area contributed by atoms with Gasteiger partial charge in [0.1, 0.15) is 0 Å². The van der Waals surface area contributed by atoms with Crippen molar-refractivity contribution < 1.29 is 9.84 Å². The fourth-order valence-electron chi connectivity index (χ4n) is 3.89. The van der Waals surface area contributed by atoms with Crippen LogP contribution >= 0.6 is 12.6 Å². The number of aromatic hydroxyl groups is 1. The molecule has 2 aromatic rings. The molecule has 4 heteroatoms. The maximum Gasteiger partial charge on any atom is 0.165 e. The molecule has 3 nitrogen and oxygen atoms in total. The Morgan fingerprint density at radius 2 is 2.09 bits per heavy atom. The molecule has 1 unspecified atom stereocenters. The monoisotopic (exact) mass is 313 g/mol. The molecule has 0 bridgehead atoms. The number of ether oxygens (including phenoxy) is 1. The van der Waals surface area contributed by atoms with Gasteiger partial charge in [0.05, 0.1) is 7.11 Å². The van der Waals surface area contributed by atoms with Gasteiger partial charge in [0.2, 0.25) is 0 Å². The van der Waals surface area contributed by atoms with Crippen LogP contribution in [-0.4, -0.2) is 30.7 Å². The van der Waals surface area contributed by atoms with Crippen LogP contribution in [0.15, 0.2) is 29.2 Å². The highest BCUT2D eigenvalue weighted by Crippen LogP contribution is 2.51. The minimum Gasteiger partial charge on any atom is -0.504 e. The molecule has 0 amide bonds. The summed E-state index contributed by atoms with van der Waals surface area (Å²) in [7, 11) is 3.77. The third-order valence-electron chi connectivity index (χ3n) is 5.04. The lowest BCUT2D eigenvalue weighted by Crippen LogP contribution is -2.35. The first-order chi connectivity index (χ1) is 10.6. The molecule has 2 aliphatic rings. The van der Waals surface area contributed by atoms with E-state index in [1.54, 1.807) is 7.11 Å². The molecule has 0 aromatic heterocycles. The largest absolute Gasteiger partial charge is 0.504 e. The first-order valence-electron chi connectivity index (χ1n) is 7.56. The Bertz CT molecular complexity index is 772. The van der Waals surface area contributed by atoms with Crippen LogP contribution in [0.5, 0.6) is 11.5 Å². The predicted molar refractivity (Wildman–Crippen MR) is 90.1 cm³/mol. The Morgan fingerprint density at radius 1 is 1.27 bits per heavy atom. The van der Waals surface area contributed by atoms with E-state index in [4.69, 9.17) is 4.74 Å². The first-order valence-corrected chi connectivity index (χ1v) is 8.00. The number of fused-ring (bicyclic) bond motifs is 2. The molecule has 2 aromatic carbocycles. The van der Waals surface area contributed by atoms with E-state index in [-0.39, 0.29) is 5.75 Å². The molecule has 0 fully saturated rings. The summed E-state index contributed by atoms with van der Waals surface area (Å²) in [5.74, 6) is 0.783. The molecule has 0 saturated carbocycles. The highest BCUT2D eigenvalue weighted by molar-refractivity contribution is 7.80. The molecule has 1 aliphatic heterocycles. The van der Waals surface area contributed by atoms with E-state index in [2.05, 4.69) is 36.7 Å². The fourth-order valence-corrected chi connectivity index (χ4v) is 4.20. The summed E-state index contributed by atoms with van der Waals surface area (Å²) in [6.07, 6.45) is 1.93. The molecule has 0 spiro atoms. The average molecular weight is 313 g/mol. The normalized spacial score (nSPS) is 19.5. The number of hydrogen-bond acceptors (Lipinski definition) is 4. The van der Waals surface area contributed by atoms with Gasteiger partial charge >= 0.3 is 0 Å². The van der Waals surface area contributed by atoms with Crippen molar-refractivity contribution >= 4 is 12.6 Å². The molecular weight excluding hydrogens is 294 g/mol. The zero-order valence-corrected chi connectivity index (χ0v) is 13.7. The third-order valence-corrected chi connectivity index (χ3v) is 5.46. The van der Waals surface area contributed by atoms with Gasteiger partial charge in [-0.2, -0.15) is 0 Å². The summed E-state index contributed by atoms with van der Waals surface area (Å²) < 4.78 is 5.29. The second kappa shape index (κ2) is 4.93. The zero-order valence-electron chi connectivity index (χ0n) is 12.8. The second-order valence-electron chi connectivity index (χ2n) is 6.13. The smallest absolute Gasteiger partial charge is 0.165 e. The third kappa shape index (κ3) is 1.80. The second-order valence-corrected chi connectivity index (χ2v) is 6.61. The van der Waals surface area contributed by atoms with Gasteiger partial charge in [-0.05, 0) is 54.3 Å². The lowest BCUT2D eigenvalue weighted by molar-refractivity contribution is 0.226. The zero-order chi connectivity index (χ0) is 15.4. The van der Waals surface area contributed by atoms with Crippen molar-refractivity contribution in [2.45, 2.75) is 23.8 Å². The van der Waals surface area contributed by atoms with Crippen molar-refractivity contribution in [1.82, 2.24) is 4.90 Å². The van der Waals surface area contributed by atoms with Crippen molar-refractivity contribution in [2.24, 2.45) is 0 Å². The maximum atomic E-state index is 10.6. The van der Waals surface area contributed by atoms with Crippen molar-refractivity contribution in [3.05, 3.63) is 41.0 Å². The Hall–Kier alpha value is -1.65. The maximum absolute atomic E-state index is 10.6. The van der Waals surface area contributed by atoms with Crippen molar-refractivity contribution in [1.29, 1.82) is 0 Å². The number of benzene rings is 2. The fraction of sp³-hybridized carbons (Fsp3) is 0.333. The molecule has 0 saturated heterocycles. The number of methoxy groups -OCH3 is 1. The predicted octanol–water partition coefficient (Wildman–Crippen LogP) is 3.44. The van der Waals surface area contributed by atoms with Gasteiger partial charge in [0, 0.05) is 23.0 Å².